The van der Waals surface area contributed by atoms with Crippen LogP contribution in [0.5, 0.6) is 0 Å². The second-order valence-electron chi connectivity index (χ2n) is 7.27. The quantitative estimate of drug-likeness (QED) is 0.481. The fourth-order valence-corrected chi connectivity index (χ4v) is 4.04. The van der Waals surface area contributed by atoms with Crippen LogP contribution in [-0.4, -0.2) is 42.8 Å². The van der Waals surface area contributed by atoms with Gasteiger partial charge in [0.2, 0.25) is 0 Å². The van der Waals surface area contributed by atoms with Gasteiger partial charge in [-0.05, 0) is 49.7 Å². The maximum Gasteiger partial charge on any atom is 0.141 e. The van der Waals surface area contributed by atoms with Gasteiger partial charge < -0.3 is 16.5 Å². The minimum atomic E-state index is 0.413. The average molecular weight is 362 g/mol. The molecule has 0 radical (unpaired) electrons. The minimum absolute atomic E-state index is 0.413. The van der Waals surface area contributed by atoms with Crippen LogP contribution in [0.4, 0.5) is 11.4 Å². The molecule has 0 atom stereocenters. The predicted molar refractivity (Wildman–Crippen MR) is 105 cm³/mol. The summed E-state index contributed by atoms with van der Waals surface area (Å²) in [7, 11) is 0. The van der Waals surface area contributed by atoms with Crippen molar-refractivity contribution < 1.29 is 0 Å². The van der Waals surface area contributed by atoms with E-state index in [0.717, 1.165) is 54.7 Å². The third-order valence-electron chi connectivity index (χ3n) is 5.53. The van der Waals surface area contributed by atoms with E-state index in [4.69, 9.17) is 11.5 Å². The molecule has 138 valence electrons. The summed E-state index contributed by atoms with van der Waals surface area (Å²) in [5.41, 5.74) is 17.3. The lowest BCUT2D eigenvalue weighted by Crippen LogP contribution is -2.32. The number of nitrogens with zero attached hydrogens (tertiary/aromatic N) is 5. The van der Waals surface area contributed by atoms with Crippen LogP contribution in [-0.2, 0) is 6.54 Å². The summed E-state index contributed by atoms with van der Waals surface area (Å²) in [6.45, 7) is 2.94. The van der Waals surface area contributed by atoms with Gasteiger partial charge in [0.25, 0.3) is 0 Å². The fourth-order valence-electron chi connectivity index (χ4n) is 4.04. The minimum Gasteiger partial charge on any atom is -0.397 e. The first kappa shape index (κ1) is 16.1. The number of nitrogen functional groups attached to an aromatic ring is 2. The van der Waals surface area contributed by atoms with Gasteiger partial charge in [-0.1, -0.05) is 11.3 Å². The highest BCUT2D eigenvalue weighted by Crippen LogP contribution is 2.32. The number of hydrogen-bond donors (Lipinski definition) is 3. The SMILES string of the molecule is Nc1ccc(CN2CCC(c3nnn4cnc5[nH]ccc5c34)CC2)cc1N. The van der Waals surface area contributed by atoms with E-state index >= 15 is 0 Å². The van der Waals surface area contributed by atoms with Crippen molar-refractivity contribution in [1.29, 1.82) is 0 Å². The van der Waals surface area contributed by atoms with Gasteiger partial charge in [0, 0.05) is 24.0 Å². The van der Waals surface area contributed by atoms with Crippen molar-refractivity contribution in [1.82, 2.24) is 29.7 Å². The lowest BCUT2D eigenvalue weighted by molar-refractivity contribution is 0.203. The molecule has 4 heterocycles. The van der Waals surface area contributed by atoms with Crippen molar-refractivity contribution in [2.75, 3.05) is 24.6 Å². The van der Waals surface area contributed by atoms with E-state index in [-0.39, 0.29) is 0 Å². The zero-order valence-corrected chi connectivity index (χ0v) is 15.0. The topological polar surface area (TPSA) is 114 Å². The van der Waals surface area contributed by atoms with Crippen molar-refractivity contribution >= 4 is 27.9 Å². The van der Waals surface area contributed by atoms with Crippen LogP contribution in [0.25, 0.3) is 16.6 Å². The summed E-state index contributed by atoms with van der Waals surface area (Å²) in [6.07, 6.45) is 5.76. The van der Waals surface area contributed by atoms with Gasteiger partial charge in [-0.3, -0.25) is 4.90 Å². The maximum absolute atomic E-state index is 5.93. The van der Waals surface area contributed by atoms with Crippen molar-refractivity contribution in [3.05, 3.63) is 48.0 Å². The number of likely N-dealkylation sites (tertiary alicyclic amines) is 1. The molecular formula is C19H22N8. The molecule has 1 aromatic carbocycles. The average Bonchev–Trinajstić information content (AvgIpc) is 3.31. The Kier molecular flexibility index (Phi) is 3.71. The van der Waals surface area contributed by atoms with Crippen LogP contribution in [0.15, 0.2) is 36.8 Å². The molecule has 4 aromatic rings. The Morgan fingerprint density at radius 1 is 1.11 bits per heavy atom. The normalized spacial score (nSPS) is 16.4. The Balaban J connectivity index is 1.34. The number of benzene rings is 1. The third-order valence-corrected chi connectivity index (χ3v) is 5.53. The van der Waals surface area contributed by atoms with E-state index in [9.17, 15) is 0 Å². The Labute approximate surface area is 156 Å². The van der Waals surface area contributed by atoms with Crippen LogP contribution in [0.2, 0.25) is 0 Å². The number of nitrogens with two attached hydrogens (primary N) is 2. The van der Waals surface area contributed by atoms with Crippen molar-refractivity contribution in [2.24, 2.45) is 0 Å². The zero-order valence-electron chi connectivity index (χ0n) is 15.0. The second kappa shape index (κ2) is 6.24. The highest BCUT2D eigenvalue weighted by atomic mass is 15.4. The molecule has 5 rings (SSSR count). The summed E-state index contributed by atoms with van der Waals surface area (Å²) < 4.78 is 1.79. The number of fused-ring (bicyclic) bond motifs is 3. The molecule has 0 spiro atoms. The largest absolute Gasteiger partial charge is 0.397 e. The fraction of sp³-hybridized carbons (Fsp3) is 0.316. The van der Waals surface area contributed by atoms with Crippen LogP contribution in [0, 0.1) is 0 Å². The first-order valence-electron chi connectivity index (χ1n) is 9.22. The number of rotatable bonds is 3. The van der Waals surface area contributed by atoms with E-state index in [2.05, 4.69) is 31.2 Å². The number of piperidine rings is 1. The molecule has 1 saturated heterocycles. The molecule has 1 aliphatic rings. The summed E-state index contributed by atoms with van der Waals surface area (Å²) in [5, 5.41) is 9.85. The van der Waals surface area contributed by atoms with E-state index < -0.39 is 0 Å². The second-order valence-corrected chi connectivity index (χ2v) is 7.27. The van der Waals surface area contributed by atoms with Gasteiger partial charge in [0.1, 0.15) is 17.5 Å². The summed E-state index contributed by atoms with van der Waals surface area (Å²) in [6, 6.07) is 7.96. The molecular weight excluding hydrogens is 340 g/mol. The summed E-state index contributed by atoms with van der Waals surface area (Å²) >= 11 is 0. The molecule has 0 unspecified atom stereocenters. The van der Waals surface area contributed by atoms with Crippen molar-refractivity contribution in [3.8, 4) is 0 Å². The molecule has 1 fully saturated rings. The van der Waals surface area contributed by atoms with Crippen LogP contribution in [0.1, 0.15) is 30.0 Å². The number of aromatic nitrogens is 5. The molecule has 5 N–H and O–H groups in total. The van der Waals surface area contributed by atoms with Crippen LogP contribution >= 0.6 is 0 Å². The maximum atomic E-state index is 5.93. The Hall–Kier alpha value is -3.13. The highest BCUT2D eigenvalue weighted by Gasteiger charge is 2.25. The van der Waals surface area contributed by atoms with E-state index in [0.29, 0.717) is 17.3 Å². The van der Waals surface area contributed by atoms with E-state index in [1.807, 2.05) is 24.4 Å². The first-order chi connectivity index (χ1) is 13.2. The summed E-state index contributed by atoms with van der Waals surface area (Å²) in [4.78, 5) is 10.0. The number of nitrogens with one attached hydrogen (secondary N) is 1. The Morgan fingerprint density at radius 3 is 2.78 bits per heavy atom. The van der Waals surface area contributed by atoms with E-state index in [1.54, 1.807) is 10.8 Å². The monoisotopic (exact) mass is 362 g/mol. The molecule has 0 bridgehead atoms. The standard InChI is InChI=1S/C19H22N8/c20-15-2-1-12(9-16(15)21)10-26-7-4-13(5-8-26)17-18-14-3-6-22-19(14)23-11-27(18)25-24-17/h1-3,6,9,11,13,22H,4-5,7-8,10,20-21H2. The number of anilines is 2. The first-order valence-corrected chi connectivity index (χ1v) is 9.22. The molecule has 1 aliphatic heterocycles. The lowest BCUT2D eigenvalue weighted by atomic mass is 9.92. The zero-order chi connectivity index (χ0) is 18.4. The van der Waals surface area contributed by atoms with Gasteiger partial charge in [0.05, 0.1) is 17.1 Å². The smallest absolute Gasteiger partial charge is 0.141 e. The van der Waals surface area contributed by atoms with Crippen LogP contribution in [0.3, 0.4) is 0 Å². The van der Waals surface area contributed by atoms with Gasteiger partial charge >= 0.3 is 0 Å². The number of H-pyrrole nitrogens is 1. The lowest BCUT2D eigenvalue weighted by Gasteiger charge is -2.31. The van der Waals surface area contributed by atoms with Gasteiger partial charge in [-0.2, -0.15) is 0 Å². The van der Waals surface area contributed by atoms with Crippen LogP contribution < -0.4 is 11.5 Å². The molecule has 8 nitrogen and oxygen atoms in total. The van der Waals surface area contributed by atoms with E-state index in [1.165, 1.54) is 5.56 Å². The van der Waals surface area contributed by atoms with Gasteiger partial charge in [0.15, 0.2) is 0 Å². The molecule has 3 aromatic heterocycles. The highest BCUT2D eigenvalue weighted by molar-refractivity contribution is 5.92. The molecule has 0 saturated carbocycles. The third kappa shape index (κ3) is 2.78. The molecule has 8 heteroatoms. The number of aromatic amines is 1. The summed E-state index contributed by atoms with van der Waals surface area (Å²) in [5.74, 6) is 0.413. The Morgan fingerprint density at radius 2 is 1.96 bits per heavy atom. The number of hydrogen-bond acceptors (Lipinski definition) is 6. The van der Waals surface area contributed by atoms with Crippen molar-refractivity contribution in [2.45, 2.75) is 25.3 Å². The van der Waals surface area contributed by atoms with Gasteiger partial charge in [-0.15, -0.1) is 5.10 Å². The Bertz CT molecular complexity index is 1100. The molecule has 27 heavy (non-hydrogen) atoms. The van der Waals surface area contributed by atoms with Gasteiger partial charge in [-0.25, -0.2) is 9.50 Å². The molecule has 0 aliphatic carbocycles. The van der Waals surface area contributed by atoms with Crippen molar-refractivity contribution in [3.63, 3.8) is 0 Å². The molecule has 0 amide bonds. The predicted octanol–water partition coefficient (Wildman–Crippen LogP) is 2.15.